The zero-order valence-electron chi connectivity index (χ0n) is 25.6. The molecule has 3 aromatic rings. The fraction of sp³-hybridized carbons (Fsp3) is 0.600. The summed E-state index contributed by atoms with van der Waals surface area (Å²) in [5.41, 5.74) is 5.88. The molecule has 10 heteroatoms. The van der Waals surface area contributed by atoms with Gasteiger partial charge in [0.2, 0.25) is 0 Å². The van der Waals surface area contributed by atoms with E-state index in [0.29, 0.717) is 49.9 Å². The number of hydrogen-bond donors (Lipinski definition) is 1. The number of aryl methyl sites for hydroxylation is 3. The molecule has 0 aliphatic carbocycles. The quantitative estimate of drug-likeness (QED) is 0.138. The van der Waals surface area contributed by atoms with Crippen LogP contribution in [0.5, 0.6) is 0 Å². The number of halogens is 1. The summed E-state index contributed by atoms with van der Waals surface area (Å²) in [6.45, 7) is 17.4. The monoisotopic (exact) mass is 591 g/mol. The average Bonchev–Trinajstić information content (AvgIpc) is 3.35. The molecule has 2 heterocycles. The Labute approximate surface area is 244 Å². The first-order valence-corrected chi connectivity index (χ1v) is 17.3. The van der Waals surface area contributed by atoms with Gasteiger partial charge in [0, 0.05) is 49.1 Å². The Balaban J connectivity index is 2.21. The van der Waals surface area contributed by atoms with Gasteiger partial charge in [-0.15, -0.1) is 0 Å². The van der Waals surface area contributed by atoms with Crippen LogP contribution in [0.4, 0.5) is 0 Å². The number of esters is 1. The molecule has 0 radical (unpaired) electrons. The van der Waals surface area contributed by atoms with Crippen molar-refractivity contribution in [1.82, 2.24) is 14.3 Å². The Hall–Kier alpha value is -2.17. The zero-order chi connectivity index (χ0) is 29.8. The highest BCUT2D eigenvalue weighted by Gasteiger charge is 2.37. The summed E-state index contributed by atoms with van der Waals surface area (Å²) in [4.78, 5) is 13.3. The normalized spacial score (nSPS) is 12.5. The van der Waals surface area contributed by atoms with Crippen molar-refractivity contribution in [3.63, 3.8) is 0 Å². The molecular formula is C30H46ClN3O5Si. The van der Waals surface area contributed by atoms with Crippen molar-refractivity contribution < 1.29 is 23.8 Å². The number of fused-ring (bicyclic) bond motifs is 1. The molecule has 2 aromatic heterocycles. The molecule has 0 aliphatic heterocycles. The maximum atomic E-state index is 13.3. The molecule has 0 aliphatic rings. The van der Waals surface area contributed by atoms with Gasteiger partial charge >= 0.3 is 5.97 Å². The highest BCUT2D eigenvalue weighted by molar-refractivity contribution is 6.74. The Morgan fingerprint density at radius 2 is 1.77 bits per heavy atom. The molecule has 40 heavy (non-hydrogen) atoms. The zero-order valence-corrected chi connectivity index (χ0v) is 27.4. The number of hydrogen-bond acceptors (Lipinski definition) is 6. The number of benzene rings is 1. The first-order chi connectivity index (χ1) is 18.8. The first kappa shape index (κ1) is 32.3. The molecule has 3 rings (SSSR count). The minimum atomic E-state index is -1.89. The Morgan fingerprint density at radius 1 is 1.07 bits per heavy atom. The minimum Gasteiger partial charge on any atom is -0.464 e. The average molecular weight is 592 g/mol. The number of ether oxygens (including phenoxy) is 2. The second-order valence-corrected chi connectivity index (χ2v) is 17.1. The van der Waals surface area contributed by atoms with Crippen LogP contribution in [0.25, 0.3) is 22.0 Å². The lowest BCUT2D eigenvalue weighted by molar-refractivity contribution is 0.0586. The molecule has 0 saturated heterocycles. The summed E-state index contributed by atoms with van der Waals surface area (Å²) in [5.74, 6) is -0.402. The van der Waals surface area contributed by atoms with E-state index in [4.69, 9.17) is 30.6 Å². The van der Waals surface area contributed by atoms with Crippen LogP contribution in [0, 0.1) is 13.8 Å². The summed E-state index contributed by atoms with van der Waals surface area (Å²) in [6.07, 6.45) is 1.90. The van der Waals surface area contributed by atoms with Crippen LogP contribution >= 0.6 is 11.6 Å². The Kier molecular flexibility index (Phi) is 10.7. The van der Waals surface area contributed by atoms with Crippen molar-refractivity contribution in [3.05, 3.63) is 39.8 Å². The van der Waals surface area contributed by atoms with E-state index in [9.17, 15) is 9.90 Å². The molecule has 0 spiro atoms. The number of carbonyl (C=O) groups is 1. The number of aromatic nitrogens is 3. The van der Waals surface area contributed by atoms with Crippen molar-refractivity contribution in [2.45, 2.75) is 85.1 Å². The van der Waals surface area contributed by atoms with Crippen molar-refractivity contribution in [2.24, 2.45) is 0 Å². The molecule has 222 valence electrons. The lowest BCUT2D eigenvalue weighted by Crippen LogP contribution is -2.41. The van der Waals surface area contributed by atoms with E-state index < -0.39 is 14.3 Å². The van der Waals surface area contributed by atoms with Gasteiger partial charge in [0.05, 0.1) is 36.5 Å². The second kappa shape index (κ2) is 13.2. The molecule has 0 fully saturated rings. The summed E-state index contributed by atoms with van der Waals surface area (Å²) >= 11 is 6.94. The SMILES string of the molecule is COCCn1nc(C)c(-c2c(Cl)ccc3c(CCCO[Si](C)(C)C(C)(C)C)c(C(=O)OC)n(CCCO)c23)c1C. The molecule has 1 aromatic carbocycles. The van der Waals surface area contributed by atoms with Gasteiger partial charge in [0.1, 0.15) is 5.69 Å². The van der Waals surface area contributed by atoms with E-state index in [2.05, 4.69) is 33.9 Å². The molecule has 0 atom stereocenters. The minimum absolute atomic E-state index is 0.00111. The maximum absolute atomic E-state index is 13.3. The number of methoxy groups -OCH3 is 2. The third kappa shape index (κ3) is 6.49. The lowest BCUT2D eigenvalue weighted by Gasteiger charge is -2.36. The van der Waals surface area contributed by atoms with E-state index >= 15 is 0 Å². The first-order valence-electron chi connectivity index (χ1n) is 14.0. The number of nitrogens with zero attached hydrogens (tertiary/aromatic N) is 3. The molecular weight excluding hydrogens is 546 g/mol. The fourth-order valence-electron chi connectivity index (χ4n) is 5.01. The molecule has 0 bridgehead atoms. The lowest BCUT2D eigenvalue weighted by atomic mass is 9.98. The summed E-state index contributed by atoms with van der Waals surface area (Å²) < 4.78 is 20.9. The van der Waals surface area contributed by atoms with E-state index in [1.54, 1.807) is 7.11 Å². The predicted octanol–water partition coefficient (Wildman–Crippen LogP) is 6.54. The predicted molar refractivity (Wildman–Crippen MR) is 164 cm³/mol. The molecule has 0 saturated carbocycles. The largest absolute Gasteiger partial charge is 0.464 e. The van der Waals surface area contributed by atoms with Crippen LogP contribution in [0.1, 0.15) is 61.1 Å². The smallest absolute Gasteiger partial charge is 0.354 e. The molecule has 1 N–H and O–H groups in total. The third-order valence-electron chi connectivity index (χ3n) is 8.18. The van der Waals surface area contributed by atoms with Crippen molar-refractivity contribution in [1.29, 1.82) is 0 Å². The van der Waals surface area contributed by atoms with Gasteiger partial charge in [-0.1, -0.05) is 38.4 Å². The number of rotatable bonds is 13. The summed E-state index contributed by atoms with van der Waals surface area (Å²) in [5, 5.41) is 16.2. The van der Waals surface area contributed by atoms with Gasteiger partial charge in [0.15, 0.2) is 8.32 Å². The molecule has 0 unspecified atom stereocenters. The van der Waals surface area contributed by atoms with E-state index in [0.717, 1.165) is 45.4 Å². The van der Waals surface area contributed by atoms with Gasteiger partial charge in [-0.2, -0.15) is 5.10 Å². The van der Waals surface area contributed by atoms with Crippen LogP contribution in [-0.4, -0.2) is 67.8 Å². The van der Waals surface area contributed by atoms with Crippen molar-refractivity contribution in [3.8, 4) is 11.1 Å². The van der Waals surface area contributed by atoms with Crippen molar-refractivity contribution in [2.75, 3.05) is 34.0 Å². The van der Waals surface area contributed by atoms with E-state index in [-0.39, 0.29) is 11.6 Å². The van der Waals surface area contributed by atoms with Crippen LogP contribution in [0.3, 0.4) is 0 Å². The van der Waals surface area contributed by atoms with Crippen LogP contribution in [-0.2, 0) is 33.4 Å². The van der Waals surface area contributed by atoms with Crippen LogP contribution in [0.15, 0.2) is 12.1 Å². The highest BCUT2D eigenvalue weighted by Crippen LogP contribution is 2.42. The van der Waals surface area contributed by atoms with Gasteiger partial charge in [-0.3, -0.25) is 4.68 Å². The Bertz CT molecular complexity index is 1340. The number of carbonyl (C=O) groups excluding carboxylic acids is 1. The van der Waals surface area contributed by atoms with Crippen LogP contribution in [0.2, 0.25) is 23.2 Å². The van der Waals surface area contributed by atoms with Crippen molar-refractivity contribution >= 4 is 36.8 Å². The van der Waals surface area contributed by atoms with E-state index in [1.165, 1.54) is 7.11 Å². The summed E-state index contributed by atoms with van der Waals surface area (Å²) in [6, 6.07) is 3.89. The molecule has 0 amide bonds. The second-order valence-electron chi connectivity index (χ2n) is 11.8. The fourth-order valence-corrected chi connectivity index (χ4v) is 6.35. The highest BCUT2D eigenvalue weighted by atomic mass is 35.5. The van der Waals surface area contributed by atoms with E-state index in [1.807, 2.05) is 35.2 Å². The Morgan fingerprint density at radius 3 is 2.38 bits per heavy atom. The van der Waals surface area contributed by atoms with Gasteiger partial charge in [-0.05, 0) is 62.9 Å². The van der Waals surface area contributed by atoms with Gasteiger partial charge in [0.25, 0.3) is 0 Å². The number of aliphatic hydroxyl groups is 1. The summed E-state index contributed by atoms with van der Waals surface area (Å²) in [7, 11) is 1.19. The topological polar surface area (TPSA) is 87.7 Å². The standard InChI is InChI=1S/C30H46ClN3O5Si/c1-20-25(21(2)34(32-20)16-19-37-6)26-24(31)14-13-23-22(12-10-18-39-40(8,9)30(3,4)5)28(29(36)38-7)33(27(23)26)15-11-17-35/h13-14,35H,10-12,15-19H2,1-9H3. The van der Waals surface area contributed by atoms with Gasteiger partial charge in [-0.25, -0.2) is 4.79 Å². The maximum Gasteiger partial charge on any atom is 0.354 e. The van der Waals surface area contributed by atoms with Crippen LogP contribution < -0.4 is 0 Å². The number of aliphatic hydroxyl groups excluding tert-OH is 1. The van der Waals surface area contributed by atoms with Gasteiger partial charge < -0.3 is 23.6 Å². The molecule has 8 nitrogen and oxygen atoms in total. The third-order valence-corrected chi connectivity index (χ3v) is 13.0.